The van der Waals surface area contributed by atoms with Gasteiger partial charge in [-0.25, -0.2) is 18.4 Å². The number of carbonyl (C=O) groups excluding carboxylic acids is 2. The summed E-state index contributed by atoms with van der Waals surface area (Å²) in [5.74, 6) is -0.410. The molecule has 0 bridgehead atoms. The molecule has 0 heterocycles. The number of carbonyl (C=O) groups is 2. The fraction of sp³-hybridized carbons (Fsp3) is 0.135. The van der Waals surface area contributed by atoms with Crippen LogP contribution in [-0.2, 0) is 0 Å². The van der Waals surface area contributed by atoms with Gasteiger partial charge in [-0.15, -0.1) is 0 Å². The molecule has 5 aromatic rings. The van der Waals surface area contributed by atoms with Crippen LogP contribution >= 0.6 is 0 Å². The molecule has 0 aliphatic heterocycles. The number of nitrogens with one attached hydrogen (secondary N) is 4. The summed E-state index contributed by atoms with van der Waals surface area (Å²) in [5, 5.41) is 10.7. The van der Waals surface area contributed by atoms with Gasteiger partial charge in [0, 0.05) is 12.1 Å². The highest BCUT2D eigenvalue weighted by atomic mass is 19.1. The Bertz CT molecular complexity index is 1820. The van der Waals surface area contributed by atoms with Gasteiger partial charge in [0.15, 0.2) is 5.82 Å². The lowest BCUT2D eigenvalue weighted by molar-refractivity contribution is 0.248. The van der Waals surface area contributed by atoms with Crippen molar-refractivity contribution in [2.75, 3.05) is 22.1 Å². The minimum atomic E-state index is -0.915. The van der Waals surface area contributed by atoms with Crippen LogP contribution in [0.5, 0.6) is 11.5 Å². The number of hydrogen-bond acceptors (Lipinski definition) is 5. The SMILES string of the molecule is C[C@H](NC(=O)Nc1cc(F)cc(F)c1N)c1ccccc1.Cc1ccc(Oc2ccc(N)c(NC(=O)N[C@@H](C)c3ccccc3)c2)cc1. The molecule has 0 aromatic heterocycles. The summed E-state index contributed by atoms with van der Waals surface area (Å²) in [4.78, 5) is 24.2. The van der Waals surface area contributed by atoms with E-state index in [1.807, 2.05) is 98.8 Å². The maximum atomic E-state index is 13.3. The van der Waals surface area contributed by atoms with Crippen LogP contribution < -0.4 is 37.5 Å². The predicted octanol–water partition coefficient (Wildman–Crippen LogP) is 8.68. The summed E-state index contributed by atoms with van der Waals surface area (Å²) < 4.78 is 32.2. The fourth-order valence-corrected chi connectivity index (χ4v) is 4.50. The van der Waals surface area contributed by atoms with E-state index in [-0.39, 0.29) is 29.5 Å². The molecule has 0 saturated carbocycles. The summed E-state index contributed by atoms with van der Waals surface area (Å²) in [6.07, 6.45) is 0. The summed E-state index contributed by atoms with van der Waals surface area (Å²) in [7, 11) is 0. The first-order chi connectivity index (χ1) is 23.0. The van der Waals surface area contributed by atoms with Gasteiger partial charge < -0.3 is 37.5 Å². The number of benzene rings is 5. The highest BCUT2D eigenvalue weighted by Crippen LogP contribution is 2.29. The molecule has 8 N–H and O–H groups in total. The number of halogens is 2. The molecule has 5 aromatic carbocycles. The molecule has 2 atom stereocenters. The fourth-order valence-electron chi connectivity index (χ4n) is 4.50. The number of amides is 4. The lowest BCUT2D eigenvalue weighted by Crippen LogP contribution is -2.31. The van der Waals surface area contributed by atoms with Crippen LogP contribution in [0.15, 0.2) is 115 Å². The molecule has 48 heavy (non-hydrogen) atoms. The normalized spacial score (nSPS) is 11.6. The topological polar surface area (TPSA) is 144 Å². The Kier molecular flexibility index (Phi) is 11.9. The van der Waals surface area contributed by atoms with Crippen molar-refractivity contribution in [1.82, 2.24) is 10.6 Å². The number of hydrogen-bond donors (Lipinski definition) is 6. The molecule has 11 heteroatoms. The smallest absolute Gasteiger partial charge is 0.319 e. The van der Waals surface area contributed by atoms with E-state index < -0.39 is 17.7 Å². The Balaban J connectivity index is 0.000000224. The van der Waals surface area contributed by atoms with Crippen molar-refractivity contribution in [2.24, 2.45) is 0 Å². The standard InChI is InChI=1S/C22H23N3O2.C15H15F2N3O/c1-15-8-10-18(11-9-15)27-19-12-13-20(23)21(14-19)25-22(26)24-16(2)17-6-4-3-5-7-17;1-9(10-5-3-2-4-6-10)19-15(21)20-13-8-11(16)7-12(17)14(13)18/h3-14,16H,23H2,1-2H3,(H2,24,25,26);2-9H,18H2,1H3,(H2,19,20,21)/t16-;9-/m00/s1. The first kappa shape index (κ1) is 34.8. The van der Waals surface area contributed by atoms with E-state index in [0.717, 1.165) is 28.5 Å². The summed E-state index contributed by atoms with van der Waals surface area (Å²) in [6.45, 7) is 5.74. The summed E-state index contributed by atoms with van der Waals surface area (Å²) in [5.41, 5.74) is 15.1. The van der Waals surface area contributed by atoms with Crippen LogP contribution in [-0.4, -0.2) is 12.1 Å². The number of urea groups is 2. The van der Waals surface area contributed by atoms with Crippen molar-refractivity contribution in [2.45, 2.75) is 32.9 Å². The number of ether oxygens (including phenoxy) is 1. The van der Waals surface area contributed by atoms with Gasteiger partial charge in [-0.05, 0) is 62.2 Å². The zero-order chi connectivity index (χ0) is 34.6. The lowest BCUT2D eigenvalue weighted by Gasteiger charge is -2.16. The Morgan fingerprint density at radius 3 is 1.69 bits per heavy atom. The Morgan fingerprint density at radius 1 is 0.646 bits per heavy atom. The van der Waals surface area contributed by atoms with E-state index in [9.17, 15) is 18.4 Å². The minimum Gasteiger partial charge on any atom is -0.457 e. The number of aryl methyl sites for hydroxylation is 1. The molecule has 0 saturated heterocycles. The Hall–Kier alpha value is -6.10. The van der Waals surface area contributed by atoms with Gasteiger partial charge >= 0.3 is 12.1 Å². The van der Waals surface area contributed by atoms with Crippen molar-refractivity contribution in [3.8, 4) is 11.5 Å². The van der Waals surface area contributed by atoms with Crippen LogP contribution in [0, 0.1) is 18.6 Å². The van der Waals surface area contributed by atoms with Crippen LogP contribution in [0.3, 0.4) is 0 Å². The van der Waals surface area contributed by atoms with Crippen molar-refractivity contribution in [1.29, 1.82) is 0 Å². The second kappa shape index (κ2) is 16.5. The summed E-state index contributed by atoms with van der Waals surface area (Å²) >= 11 is 0. The predicted molar refractivity (Wildman–Crippen MR) is 187 cm³/mol. The average Bonchev–Trinajstić information content (AvgIpc) is 3.07. The second-order valence-electron chi connectivity index (χ2n) is 11.0. The van der Waals surface area contributed by atoms with Crippen LogP contribution in [0.2, 0.25) is 0 Å². The molecule has 248 valence electrons. The van der Waals surface area contributed by atoms with Gasteiger partial charge in [0.05, 0.1) is 34.8 Å². The molecule has 0 aliphatic carbocycles. The molecule has 0 spiro atoms. The number of nitrogen functional groups attached to an aromatic ring is 2. The zero-order valence-electron chi connectivity index (χ0n) is 26.8. The van der Waals surface area contributed by atoms with Crippen molar-refractivity contribution >= 4 is 34.8 Å². The van der Waals surface area contributed by atoms with Crippen LogP contribution in [0.4, 0.5) is 41.1 Å². The van der Waals surface area contributed by atoms with Gasteiger partial charge in [0.1, 0.15) is 17.3 Å². The molecular weight excluding hydrogens is 614 g/mol. The minimum absolute atomic E-state index is 0.106. The largest absolute Gasteiger partial charge is 0.457 e. The van der Waals surface area contributed by atoms with Crippen molar-refractivity contribution in [3.63, 3.8) is 0 Å². The van der Waals surface area contributed by atoms with Crippen LogP contribution in [0.1, 0.15) is 42.6 Å². The second-order valence-corrected chi connectivity index (χ2v) is 11.0. The molecule has 0 radical (unpaired) electrons. The van der Waals surface area contributed by atoms with Gasteiger partial charge in [-0.1, -0.05) is 78.4 Å². The third-order valence-corrected chi connectivity index (χ3v) is 7.17. The van der Waals surface area contributed by atoms with Crippen molar-refractivity contribution in [3.05, 3.63) is 144 Å². The quantitative estimate of drug-likeness (QED) is 0.0930. The van der Waals surface area contributed by atoms with E-state index in [2.05, 4.69) is 21.3 Å². The lowest BCUT2D eigenvalue weighted by atomic mass is 10.1. The third kappa shape index (κ3) is 10.2. The highest BCUT2D eigenvalue weighted by Gasteiger charge is 2.14. The Morgan fingerprint density at radius 2 is 1.15 bits per heavy atom. The summed E-state index contributed by atoms with van der Waals surface area (Å²) in [6, 6.07) is 32.3. The zero-order valence-corrected chi connectivity index (χ0v) is 26.8. The first-order valence-corrected chi connectivity index (χ1v) is 15.1. The van der Waals surface area contributed by atoms with Gasteiger partial charge in [-0.2, -0.15) is 0 Å². The highest BCUT2D eigenvalue weighted by molar-refractivity contribution is 5.93. The van der Waals surface area contributed by atoms with E-state index >= 15 is 0 Å². The maximum absolute atomic E-state index is 13.3. The molecule has 0 unspecified atom stereocenters. The Labute approximate surface area is 278 Å². The molecular formula is C37H38F2N6O3. The van der Waals surface area contributed by atoms with E-state index in [1.165, 1.54) is 0 Å². The van der Waals surface area contributed by atoms with E-state index in [1.54, 1.807) is 25.1 Å². The van der Waals surface area contributed by atoms with Gasteiger partial charge in [0.2, 0.25) is 0 Å². The number of rotatable bonds is 8. The first-order valence-electron chi connectivity index (χ1n) is 15.1. The number of nitrogens with two attached hydrogens (primary N) is 2. The van der Waals surface area contributed by atoms with Crippen LogP contribution in [0.25, 0.3) is 0 Å². The van der Waals surface area contributed by atoms with Gasteiger partial charge in [0.25, 0.3) is 0 Å². The third-order valence-electron chi connectivity index (χ3n) is 7.17. The molecule has 0 fully saturated rings. The van der Waals surface area contributed by atoms with Gasteiger partial charge in [-0.3, -0.25) is 0 Å². The maximum Gasteiger partial charge on any atom is 0.319 e. The molecule has 9 nitrogen and oxygen atoms in total. The number of anilines is 4. The molecule has 5 rings (SSSR count). The molecule has 4 amide bonds. The average molecular weight is 653 g/mol. The van der Waals surface area contributed by atoms with E-state index in [0.29, 0.717) is 23.2 Å². The van der Waals surface area contributed by atoms with E-state index in [4.69, 9.17) is 16.2 Å². The van der Waals surface area contributed by atoms with Crippen molar-refractivity contribution < 1.29 is 23.1 Å². The monoisotopic (exact) mass is 652 g/mol. The molecule has 0 aliphatic rings.